The van der Waals surface area contributed by atoms with Crippen LogP contribution in [0.5, 0.6) is 0 Å². The number of halogens is 3. The van der Waals surface area contributed by atoms with Crippen LogP contribution in [-0.2, 0) is 29.0 Å². The smallest absolute Gasteiger partial charge is 0.243 e. The molecule has 0 heterocycles. The van der Waals surface area contributed by atoms with E-state index in [1.54, 1.807) is 23.1 Å². The van der Waals surface area contributed by atoms with E-state index in [-0.39, 0.29) is 30.8 Å². The molecule has 0 aliphatic heterocycles. The molecule has 0 aliphatic rings. The lowest BCUT2D eigenvalue weighted by atomic mass is 10.0. The number of nitrogens with one attached hydrogen (secondary N) is 1. The average Bonchev–Trinajstić information content (AvgIpc) is 2.84. The third kappa shape index (κ3) is 7.83. The topological polar surface area (TPSA) is 49.4 Å². The quantitative estimate of drug-likeness (QED) is 0.287. The molecule has 1 N–H and O–H groups in total. The SMILES string of the molecule is CCC(C)NC(=O)C(Cc1ccccc1)N(Cc1cccc(Br)c1)C(=O)Cc1c(Cl)cccc1Cl. The largest absolute Gasteiger partial charge is 0.352 e. The van der Waals surface area contributed by atoms with Crippen molar-refractivity contribution in [2.24, 2.45) is 0 Å². The summed E-state index contributed by atoms with van der Waals surface area (Å²) >= 11 is 16.3. The Bertz CT molecular complexity index is 1140. The van der Waals surface area contributed by atoms with E-state index in [9.17, 15) is 9.59 Å². The Morgan fingerprint density at radius 2 is 1.57 bits per heavy atom. The molecular formula is C28H29BrCl2N2O2. The zero-order valence-corrected chi connectivity index (χ0v) is 22.9. The fraction of sp³-hybridized carbons (Fsp3) is 0.286. The van der Waals surface area contributed by atoms with E-state index < -0.39 is 6.04 Å². The van der Waals surface area contributed by atoms with Gasteiger partial charge >= 0.3 is 0 Å². The molecule has 2 amide bonds. The van der Waals surface area contributed by atoms with Gasteiger partial charge in [0, 0.05) is 33.5 Å². The van der Waals surface area contributed by atoms with Crippen molar-refractivity contribution in [3.63, 3.8) is 0 Å². The highest BCUT2D eigenvalue weighted by molar-refractivity contribution is 9.10. The van der Waals surface area contributed by atoms with Crippen LogP contribution in [0, 0.1) is 0 Å². The van der Waals surface area contributed by atoms with Crippen LogP contribution < -0.4 is 5.32 Å². The van der Waals surface area contributed by atoms with Crippen molar-refractivity contribution < 1.29 is 9.59 Å². The minimum atomic E-state index is -0.709. The standard InChI is InChI=1S/C28H29BrCl2N2O2/c1-3-19(2)32-28(35)26(16-20-9-5-4-6-10-20)33(18-21-11-7-12-22(29)15-21)27(34)17-23-24(30)13-8-14-25(23)31/h4-15,19,26H,3,16-18H2,1-2H3,(H,32,35). The van der Waals surface area contributed by atoms with Gasteiger partial charge in [0.1, 0.15) is 6.04 Å². The van der Waals surface area contributed by atoms with Crippen LogP contribution in [-0.4, -0.2) is 28.8 Å². The molecule has 3 rings (SSSR count). The molecule has 0 aromatic heterocycles. The minimum Gasteiger partial charge on any atom is -0.352 e. The van der Waals surface area contributed by atoms with Gasteiger partial charge in [-0.3, -0.25) is 9.59 Å². The number of carbonyl (C=O) groups excluding carboxylic acids is 2. The van der Waals surface area contributed by atoms with Crippen LogP contribution >= 0.6 is 39.1 Å². The van der Waals surface area contributed by atoms with Crippen molar-refractivity contribution in [2.75, 3.05) is 0 Å². The maximum absolute atomic E-state index is 13.8. The molecule has 2 unspecified atom stereocenters. The van der Waals surface area contributed by atoms with E-state index >= 15 is 0 Å². The molecule has 0 aliphatic carbocycles. The first kappa shape index (κ1) is 27.3. The molecule has 184 valence electrons. The summed E-state index contributed by atoms with van der Waals surface area (Å²) in [4.78, 5) is 29.0. The zero-order valence-electron chi connectivity index (χ0n) is 19.8. The summed E-state index contributed by atoms with van der Waals surface area (Å²) < 4.78 is 0.903. The molecule has 2 atom stereocenters. The highest BCUT2D eigenvalue weighted by Crippen LogP contribution is 2.26. The normalized spacial score (nSPS) is 12.6. The van der Waals surface area contributed by atoms with E-state index in [1.807, 2.05) is 68.4 Å². The first-order chi connectivity index (χ1) is 16.8. The van der Waals surface area contributed by atoms with Crippen molar-refractivity contribution in [3.05, 3.63) is 104 Å². The minimum absolute atomic E-state index is 0.00554. The lowest BCUT2D eigenvalue weighted by Gasteiger charge is -2.32. The average molecular weight is 576 g/mol. The number of amides is 2. The van der Waals surface area contributed by atoms with Gasteiger partial charge in [-0.05, 0) is 54.3 Å². The van der Waals surface area contributed by atoms with Gasteiger partial charge in [0.15, 0.2) is 0 Å². The molecule has 35 heavy (non-hydrogen) atoms. The number of rotatable bonds is 10. The molecule has 0 fully saturated rings. The number of benzene rings is 3. The van der Waals surface area contributed by atoms with Gasteiger partial charge in [0.2, 0.25) is 11.8 Å². The summed E-state index contributed by atoms with van der Waals surface area (Å²) in [6.45, 7) is 4.24. The fourth-order valence-electron chi connectivity index (χ4n) is 3.78. The predicted octanol–water partition coefficient (Wildman–Crippen LogP) is 6.85. The van der Waals surface area contributed by atoms with E-state index in [1.165, 1.54) is 0 Å². The Balaban J connectivity index is 2.01. The Morgan fingerprint density at radius 3 is 2.20 bits per heavy atom. The van der Waals surface area contributed by atoms with Gasteiger partial charge in [0.05, 0.1) is 6.42 Å². The van der Waals surface area contributed by atoms with Crippen molar-refractivity contribution in [2.45, 2.75) is 51.7 Å². The van der Waals surface area contributed by atoms with Crippen molar-refractivity contribution in [3.8, 4) is 0 Å². The highest BCUT2D eigenvalue weighted by Gasteiger charge is 2.31. The maximum atomic E-state index is 13.8. The highest BCUT2D eigenvalue weighted by atomic mass is 79.9. The monoisotopic (exact) mass is 574 g/mol. The van der Waals surface area contributed by atoms with Crippen molar-refractivity contribution >= 4 is 50.9 Å². The van der Waals surface area contributed by atoms with Gasteiger partial charge in [-0.25, -0.2) is 0 Å². The molecule has 0 radical (unpaired) electrons. The zero-order chi connectivity index (χ0) is 25.4. The summed E-state index contributed by atoms with van der Waals surface area (Å²) in [5, 5.41) is 3.93. The second-order valence-electron chi connectivity index (χ2n) is 8.55. The molecule has 3 aromatic carbocycles. The summed E-state index contributed by atoms with van der Waals surface area (Å²) in [6, 6.07) is 21.9. The third-order valence-corrected chi connectivity index (χ3v) is 7.11. The maximum Gasteiger partial charge on any atom is 0.243 e. The van der Waals surface area contributed by atoms with Crippen LogP contribution in [0.3, 0.4) is 0 Å². The van der Waals surface area contributed by atoms with Crippen molar-refractivity contribution in [1.29, 1.82) is 0 Å². The van der Waals surface area contributed by atoms with E-state index in [2.05, 4.69) is 21.2 Å². The van der Waals surface area contributed by atoms with E-state index in [4.69, 9.17) is 23.2 Å². The first-order valence-corrected chi connectivity index (χ1v) is 13.1. The Hall–Kier alpha value is -2.34. The van der Waals surface area contributed by atoms with Crippen LogP contribution in [0.25, 0.3) is 0 Å². The summed E-state index contributed by atoms with van der Waals surface area (Å²) in [6.07, 6.45) is 1.17. The van der Waals surface area contributed by atoms with Gasteiger partial charge in [0.25, 0.3) is 0 Å². The van der Waals surface area contributed by atoms with Crippen LogP contribution in [0.4, 0.5) is 0 Å². The summed E-state index contributed by atoms with van der Waals surface area (Å²) in [7, 11) is 0. The number of carbonyl (C=O) groups is 2. The Kier molecular flexibility index (Phi) is 10.2. The molecular weight excluding hydrogens is 547 g/mol. The third-order valence-electron chi connectivity index (χ3n) is 5.90. The molecule has 0 saturated heterocycles. The molecule has 0 bridgehead atoms. The van der Waals surface area contributed by atoms with Crippen molar-refractivity contribution in [1.82, 2.24) is 10.2 Å². The number of nitrogens with zero attached hydrogens (tertiary/aromatic N) is 1. The lowest BCUT2D eigenvalue weighted by molar-refractivity contribution is -0.141. The first-order valence-electron chi connectivity index (χ1n) is 11.6. The molecule has 7 heteroatoms. The second kappa shape index (κ2) is 13.1. The summed E-state index contributed by atoms with van der Waals surface area (Å²) in [5.41, 5.74) is 2.44. The molecule has 0 saturated carbocycles. The fourth-order valence-corrected chi connectivity index (χ4v) is 4.76. The lowest BCUT2D eigenvalue weighted by Crippen LogP contribution is -2.52. The van der Waals surface area contributed by atoms with Gasteiger partial charge in [-0.15, -0.1) is 0 Å². The van der Waals surface area contributed by atoms with Gasteiger partial charge in [-0.1, -0.05) is 94.6 Å². The Morgan fingerprint density at radius 1 is 0.943 bits per heavy atom. The Labute approximate surface area is 225 Å². The molecule has 4 nitrogen and oxygen atoms in total. The van der Waals surface area contributed by atoms with Gasteiger partial charge < -0.3 is 10.2 Å². The van der Waals surface area contributed by atoms with E-state index in [0.717, 1.165) is 22.0 Å². The molecule has 3 aromatic rings. The van der Waals surface area contributed by atoms with Gasteiger partial charge in [-0.2, -0.15) is 0 Å². The van der Waals surface area contributed by atoms with Crippen LogP contribution in [0.15, 0.2) is 77.3 Å². The van der Waals surface area contributed by atoms with Crippen LogP contribution in [0.1, 0.15) is 37.0 Å². The summed E-state index contributed by atoms with van der Waals surface area (Å²) in [5.74, 6) is -0.406. The number of hydrogen-bond acceptors (Lipinski definition) is 2. The second-order valence-corrected chi connectivity index (χ2v) is 10.3. The predicted molar refractivity (Wildman–Crippen MR) is 147 cm³/mol. The number of hydrogen-bond donors (Lipinski definition) is 1. The molecule has 0 spiro atoms. The van der Waals surface area contributed by atoms with E-state index in [0.29, 0.717) is 22.0 Å². The van der Waals surface area contributed by atoms with Crippen LogP contribution in [0.2, 0.25) is 10.0 Å².